The highest BCUT2D eigenvalue weighted by Gasteiger charge is 2.26. The molecule has 0 atom stereocenters. The van der Waals surface area contributed by atoms with E-state index in [1.54, 1.807) is 0 Å². The van der Waals surface area contributed by atoms with E-state index in [0.29, 0.717) is 5.92 Å². The van der Waals surface area contributed by atoms with Gasteiger partial charge < -0.3 is 9.47 Å². The van der Waals surface area contributed by atoms with Crippen LogP contribution in [0.25, 0.3) is 0 Å². The van der Waals surface area contributed by atoms with Gasteiger partial charge in [0, 0.05) is 44.1 Å². The minimum absolute atomic E-state index is 0.521. The molecule has 128 valence electrons. The topological polar surface area (TPSA) is 50.1 Å². The van der Waals surface area contributed by atoms with Crippen molar-refractivity contribution >= 4 is 5.69 Å². The number of likely N-dealkylation sites (tertiary alicyclic amines) is 1. The van der Waals surface area contributed by atoms with Crippen molar-refractivity contribution in [3.63, 3.8) is 0 Å². The highest BCUT2D eigenvalue weighted by Crippen LogP contribution is 2.29. The predicted octanol–water partition coefficient (Wildman–Crippen LogP) is 2.19. The van der Waals surface area contributed by atoms with E-state index >= 15 is 0 Å². The zero-order valence-electron chi connectivity index (χ0n) is 14.4. The maximum Gasteiger partial charge on any atom is 0.146 e. The lowest BCUT2D eigenvalue weighted by atomic mass is 9.95. The molecular weight excluding hydrogens is 300 g/mol. The maximum absolute atomic E-state index is 4.54. The number of piperidine rings is 1. The van der Waals surface area contributed by atoms with Gasteiger partial charge in [-0.3, -0.25) is 9.88 Å². The number of anilines is 1. The number of aromatic nitrogens is 4. The van der Waals surface area contributed by atoms with Gasteiger partial charge in [0.25, 0.3) is 0 Å². The zero-order valence-corrected chi connectivity index (χ0v) is 14.4. The maximum atomic E-state index is 4.54. The normalized spacial score (nSPS) is 20.0. The highest BCUT2D eigenvalue weighted by molar-refractivity contribution is 5.45. The second kappa shape index (κ2) is 6.89. The molecule has 24 heavy (non-hydrogen) atoms. The van der Waals surface area contributed by atoms with E-state index in [-0.39, 0.29) is 0 Å². The molecule has 6 nitrogen and oxygen atoms in total. The van der Waals surface area contributed by atoms with Crippen LogP contribution >= 0.6 is 0 Å². The molecule has 2 fully saturated rings. The average molecular weight is 326 g/mol. The largest absolute Gasteiger partial charge is 0.371 e. The third-order valence-electron chi connectivity index (χ3n) is 5.45. The standard InChI is InChI=1S/C18H26N6/c1-22-17(14-23-10-2-3-11-23)20-21-18(22)15-6-12-24(13-7-15)16-4-8-19-9-5-16/h4-5,8-9,15H,2-3,6-7,10-14H2,1H3. The van der Waals surface area contributed by atoms with Crippen LogP contribution in [-0.4, -0.2) is 50.8 Å². The number of hydrogen-bond acceptors (Lipinski definition) is 5. The van der Waals surface area contributed by atoms with Crippen LogP contribution in [0.15, 0.2) is 24.5 Å². The summed E-state index contributed by atoms with van der Waals surface area (Å²) in [5.74, 6) is 2.80. The Balaban J connectivity index is 1.39. The van der Waals surface area contributed by atoms with Crippen molar-refractivity contribution in [2.24, 2.45) is 7.05 Å². The lowest BCUT2D eigenvalue weighted by Crippen LogP contribution is -2.33. The molecule has 2 saturated heterocycles. The predicted molar refractivity (Wildman–Crippen MR) is 93.9 cm³/mol. The Labute approximate surface area is 143 Å². The van der Waals surface area contributed by atoms with Crippen LogP contribution in [0.2, 0.25) is 0 Å². The summed E-state index contributed by atoms with van der Waals surface area (Å²) in [4.78, 5) is 9.04. The van der Waals surface area contributed by atoms with Gasteiger partial charge >= 0.3 is 0 Å². The fraction of sp³-hybridized carbons (Fsp3) is 0.611. The molecule has 2 aromatic rings. The molecule has 0 N–H and O–H groups in total. The van der Waals surface area contributed by atoms with Crippen molar-refractivity contribution in [3.05, 3.63) is 36.2 Å². The molecule has 0 bridgehead atoms. The van der Waals surface area contributed by atoms with Gasteiger partial charge in [0.05, 0.1) is 6.54 Å². The Morgan fingerprint density at radius 3 is 2.42 bits per heavy atom. The minimum atomic E-state index is 0.521. The van der Waals surface area contributed by atoms with Gasteiger partial charge in [-0.1, -0.05) is 0 Å². The molecule has 2 aliphatic rings. The van der Waals surface area contributed by atoms with Crippen LogP contribution in [-0.2, 0) is 13.6 Å². The lowest BCUT2D eigenvalue weighted by Gasteiger charge is -2.33. The zero-order chi connectivity index (χ0) is 16.4. The van der Waals surface area contributed by atoms with Gasteiger partial charge in [-0.2, -0.15) is 0 Å². The van der Waals surface area contributed by atoms with E-state index in [0.717, 1.165) is 38.3 Å². The van der Waals surface area contributed by atoms with E-state index in [1.165, 1.54) is 37.4 Å². The van der Waals surface area contributed by atoms with E-state index in [2.05, 4.69) is 48.7 Å². The van der Waals surface area contributed by atoms with Crippen molar-refractivity contribution in [1.82, 2.24) is 24.6 Å². The fourth-order valence-corrected chi connectivity index (χ4v) is 3.96. The van der Waals surface area contributed by atoms with E-state index in [1.807, 2.05) is 12.4 Å². The highest BCUT2D eigenvalue weighted by atomic mass is 15.3. The average Bonchev–Trinajstić information content (AvgIpc) is 3.27. The number of hydrogen-bond donors (Lipinski definition) is 0. The number of pyridine rings is 1. The molecule has 0 spiro atoms. The summed E-state index contributed by atoms with van der Waals surface area (Å²) in [6.45, 7) is 5.49. The second-order valence-electron chi connectivity index (χ2n) is 6.98. The Kier molecular flexibility index (Phi) is 4.47. The molecule has 0 amide bonds. The fourth-order valence-electron chi connectivity index (χ4n) is 3.96. The molecule has 0 saturated carbocycles. The van der Waals surface area contributed by atoms with Gasteiger partial charge in [-0.15, -0.1) is 10.2 Å². The Morgan fingerprint density at radius 1 is 1.00 bits per heavy atom. The minimum Gasteiger partial charge on any atom is -0.371 e. The van der Waals surface area contributed by atoms with Crippen LogP contribution < -0.4 is 4.90 Å². The van der Waals surface area contributed by atoms with Crippen LogP contribution in [0.1, 0.15) is 43.3 Å². The summed E-state index contributed by atoms with van der Waals surface area (Å²) < 4.78 is 2.24. The summed E-state index contributed by atoms with van der Waals surface area (Å²) in [6.07, 6.45) is 8.65. The molecule has 0 aromatic carbocycles. The van der Waals surface area contributed by atoms with Crippen molar-refractivity contribution in [3.8, 4) is 0 Å². The molecule has 4 heterocycles. The summed E-state index contributed by atoms with van der Waals surface area (Å²) in [5.41, 5.74) is 1.27. The molecule has 0 aliphatic carbocycles. The van der Waals surface area contributed by atoms with E-state index < -0.39 is 0 Å². The Hall–Kier alpha value is -1.95. The summed E-state index contributed by atoms with van der Waals surface area (Å²) >= 11 is 0. The van der Waals surface area contributed by atoms with Crippen molar-refractivity contribution < 1.29 is 0 Å². The summed E-state index contributed by atoms with van der Waals surface area (Å²) in [7, 11) is 2.13. The second-order valence-corrected chi connectivity index (χ2v) is 6.98. The van der Waals surface area contributed by atoms with Gasteiger partial charge in [0.15, 0.2) is 0 Å². The van der Waals surface area contributed by atoms with Crippen LogP contribution in [0.3, 0.4) is 0 Å². The van der Waals surface area contributed by atoms with Gasteiger partial charge in [-0.25, -0.2) is 0 Å². The summed E-state index contributed by atoms with van der Waals surface area (Å²) in [5, 5.41) is 9.02. The molecular formula is C18H26N6. The monoisotopic (exact) mass is 326 g/mol. The molecule has 2 aromatic heterocycles. The molecule has 4 rings (SSSR count). The van der Waals surface area contributed by atoms with Crippen molar-refractivity contribution in [1.29, 1.82) is 0 Å². The SMILES string of the molecule is Cn1c(CN2CCCC2)nnc1C1CCN(c2ccncc2)CC1. The van der Waals surface area contributed by atoms with Crippen LogP contribution in [0.5, 0.6) is 0 Å². The van der Waals surface area contributed by atoms with Gasteiger partial charge in [-0.05, 0) is 50.9 Å². The third-order valence-corrected chi connectivity index (χ3v) is 5.45. The van der Waals surface area contributed by atoms with Crippen molar-refractivity contribution in [2.75, 3.05) is 31.1 Å². The lowest BCUT2D eigenvalue weighted by molar-refractivity contribution is 0.317. The van der Waals surface area contributed by atoms with Crippen LogP contribution in [0, 0.1) is 0 Å². The Morgan fingerprint density at radius 2 is 1.71 bits per heavy atom. The first-order chi connectivity index (χ1) is 11.8. The first kappa shape index (κ1) is 15.6. The molecule has 2 aliphatic heterocycles. The van der Waals surface area contributed by atoms with E-state index in [4.69, 9.17) is 0 Å². The van der Waals surface area contributed by atoms with E-state index in [9.17, 15) is 0 Å². The van der Waals surface area contributed by atoms with Crippen LogP contribution in [0.4, 0.5) is 5.69 Å². The summed E-state index contributed by atoms with van der Waals surface area (Å²) in [6, 6.07) is 4.19. The number of nitrogens with zero attached hydrogens (tertiary/aromatic N) is 6. The third kappa shape index (κ3) is 3.15. The van der Waals surface area contributed by atoms with Gasteiger partial charge in [0.1, 0.15) is 11.6 Å². The molecule has 0 radical (unpaired) electrons. The number of rotatable bonds is 4. The molecule has 6 heteroatoms. The molecule has 0 unspecified atom stereocenters. The first-order valence-electron chi connectivity index (χ1n) is 9.07. The Bertz CT molecular complexity index is 653. The first-order valence-corrected chi connectivity index (χ1v) is 9.07. The van der Waals surface area contributed by atoms with Crippen molar-refractivity contribution in [2.45, 2.75) is 38.1 Å². The quantitative estimate of drug-likeness (QED) is 0.862. The van der Waals surface area contributed by atoms with Gasteiger partial charge in [0.2, 0.25) is 0 Å². The smallest absolute Gasteiger partial charge is 0.146 e.